The van der Waals surface area contributed by atoms with E-state index >= 15 is 0 Å². The summed E-state index contributed by atoms with van der Waals surface area (Å²) in [4.78, 5) is 24.6. The molecule has 8 nitrogen and oxygen atoms in total. The van der Waals surface area contributed by atoms with Gasteiger partial charge in [-0.25, -0.2) is 0 Å². The lowest BCUT2D eigenvalue weighted by Gasteiger charge is -2.12. The third-order valence-corrected chi connectivity index (χ3v) is 5.07. The number of benzene rings is 2. The highest BCUT2D eigenvalue weighted by Crippen LogP contribution is 2.38. The first-order valence-electron chi connectivity index (χ1n) is 10.3. The molecule has 32 heavy (non-hydrogen) atoms. The minimum absolute atomic E-state index is 0.131. The van der Waals surface area contributed by atoms with Crippen molar-refractivity contribution < 1.29 is 19.1 Å². The van der Waals surface area contributed by atoms with E-state index in [0.717, 1.165) is 17.5 Å². The smallest absolute Gasteiger partial charge is 0.246 e. The first-order chi connectivity index (χ1) is 15.6. The van der Waals surface area contributed by atoms with Gasteiger partial charge in [0.15, 0.2) is 11.5 Å². The summed E-state index contributed by atoms with van der Waals surface area (Å²) in [5, 5.41) is 10.2. The van der Waals surface area contributed by atoms with E-state index in [1.807, 2.05) is 18.2 Å². The Morgan fingerprint density at radius 1 is 1.06 bits per heavy atom. The second-order valence-electron chi connectivity index (χ2n) is 7.36. The molecule has 1 aliphatic rings. The molecule has 0 spiro atoms. The van der Waals surface area contributed by atoms with Gasteiger partial charge < -0.3 is 20.1 Å². The number of ether oxygens (including phenoxy) is 2. The van der Waals surface area contributed by atoms with Gasteiger partial charge in [0.1, 0.15) is 6.54 Å². The molecule has 0 aliphatic carbocycles. The zero-order valence-electron chi connectivity index (χ0n) is 17.3. The number of hydrogen-bond donors (Lipinski definition) is 2. The number of aromatic nitrogens is 2. The number of hydrogen-bond acceptors (Lipinski definition) is 5. The Kier molecular flexibility index (Phi) is 6.91. The molecule has 2 heterocycles. The normalized spacial score (nSPS) is 12.7. The third-order valence-electron chi connectivity index (χ3n) is 4.79. The van der Waals surface area contributed by atoms with Gasteiger partial charge in [-0.1, -0.05) is 23.7 Å². The summed E-state index contributed by atoms with van der Waals surface area (Å²) in [5.74, 6) is 0.765. The van der Waals surface area contributed by atoms with Crippen LogP contribution in [0.4, 0.5) is 5.69 Å². The van der Waals surface area contributed by atoms with Crippen LogP contribution < -0.4 is 20.1 Å². The van der Waals surface area contributed by atoms with Crippen LogP contribution in [-0.2, 0) is 29.1 Å². The van der Waals surface area contributed by atoms with E-state index in [-0.39, 0.29) is 24.8 Å². The molecule has 3 aromatic rings. The molecule has 2 aromatic carbocycles. The average Bonchev–Trinajstić information content (AvgIpc) is 3.15. The number of rotatable bonds is 7. The van der Waals surface area contributed by atoms with E-state index in [4.69, 9.17) is 21.1 Å². The van der Waals surface area contributed by atoms with Gasteiger partial charge in [-0.15, -0.1) is 0 Å². The van der Waals surface area contributed by atoms with Crippen LogP contribution in [0, 0.1) is 0 Å². The van der Waals surface area contributed by atoms with Crippen molar-refractivity contribution in [3.8, 4) is 11.5 Å². The van der Waals surface area contributed by atoms with E-state index in [1.54, 1.807) is 41.3 Å². The molecular formula is C23H23ClN4O4. The van der Waals surface area contributed by atoms with Crippen molar-refractivity contribution >= 4 is 29.1 Å². The second kappa shape index (κ2) is 10.2. The predicted molar refractivity (Wildman–Crippen MR) is 120 cm³/mol. The second-order valence-corrected chi connectivity index (χ2v) is 7.77. The van der Waals surface area contributed by atoms with Gasteiger partial charge in [0, 0.05) is 31.0 Å². The minimum atomic E-state index is -0.179. The molecule has 0 atom stereocenters. The molecule has 2 N–H and O–H groups in total. The fourth-order valence-corrected chi connectivity index (χ4v) is 3.62. The highest BCUT2D eigenvalue weighted by molar-refractivity contribution is 6.32. The van der Waals surface area contributed by atoms with Crippen molar-refractivity contribution in [1.82, 2.24) is 15.1 Å². The van der Waals surface area contributed by atoms with Crippen molar-refractivity contribution in [3.63, 3.8) is 0 Å². The Bertz CT molecular complexity index is 1100. The zero-order valence-corrected chi connectivity index (χ0v) is 18.1. The molecule has 4 rings (SSSR count). The van der Waals surface area contributed by atoms with Crippen LogP contribution in [0.3, 0.4) is 0 Å². The fraction of sp³-hybridized carbons (Fsp3) is 0.261. The van der Waals surface area contributed by atoms with Gasteiger partial charge in [-0.2, -0.15) is 5.10 Å². The number of halogens is 1. The molecule has 0 bridgehead atoms. The Hall–Kier alpha value is -3.52. The lowest BCUT2D eigenvalue weighted by atomic mass is 10.1. The Morgan fingerprint density at radius 3 is 2.78 bits per heavy atom. The van der Waals surface area contributed by atoms with Gasteiger partial charge in [-0.05, 0) is 41.5 Å². The molecule has 1 aromatic heterocycles. The maximum Gasteiger partial charge on any atom is 0.246 e. The standard InChI is InChI=1S/C23H23ClN4O4/c24-19-11-17(12-20-23(19)32-9-3-8-31-20)13-21(29)25-14-16-4-1-5-18(10-16)27-22(30)15-28-7-2-6-26-28/h1-2,4-7,10-12H,3,8-9,13-15H2,(H,25,29)(H,27,30). The van der Waals surface area contributed by atoms with E-state index in [2.05, 4.69) is 15.7 Å². The van der Waals surface area contributed by atoms with Gasteiger partial charge in [0.05, 0.1) is 24.7 Å². The topological polar surface area (TPSA) is 94.5 Å². The molecule has 166 valence electrons. The maximum atomic E-state index is 12.5. The molecule has 0 saturated heterocycles. The predicted octanol–water partition coefficient (Wildman–Crippen LogP) is 3.20. The van der Waals surface area contributed by atoms with Crippen molar-refractivity contribution in [2.45, 2.75) is 25.9 Å². The monoisotopic (exact) mass is 454 g/mol. The lowest BCUT2D eigenvalue weighted by Crippen LogP contribution is -2.24. The lowest BCUT2D eigenvalue weighted by molar-refractivity contribution is -0.120. The number of carbonyl (C=O) groups is 2. The zero-order chi connectivity index (χ0) is 22.3. The summed E-state index contributed by atoms with van der Waals surface area (Å²) in [6, 6.07) is 12.6. The van der Waals surface area contributed by atoms with Crippen LogP contribution in [-0.4, -0.2) is 34.8 Å². The average molecular weight is 455 g/mol. The van der Waals surface area contributed by atoms with Gasteiger partial charge in [0.25, 0.3) is 0 Å². The SMILES string of the molecule is O=C(Cc1cc(Cl)c2c(c1)OCCCO2)NCc1cccc(NC(=O)Cn2cccn2)c1. The number of nitrogens with one attached hydrogen (secondary N) is 2. The van der Waals surface area contributed by atoms with E-state index in [0.29, 0.717) is 42.0 Å². The molecule has 2 amide bonds. The molecule has 9 heteroatoms. The Balaban J connectivity index is 1.31. The summed E-state index contributed by atoms with van der Waals surface area (Å²) < 4.78 is 12.8. The first-order valence-corrected chi connectivity index (χ1v) is 10.7. The number of fused-ring (bicyclic) bond motifs is 1. The molecule has 0 saturated carbocycles. The summed E-state index contributed by atoms with van der Waals surface area (Å²) in [5.41, 5.74) is 2.27. The van der Waals surface area contributed by atoms with Crippen LogP contribution in [0.2, 0.25) is 5.02 Å². The maximum absolute atomic E-state index is 12.5. The van der Waals surface area contributed by atoms with E-state index < -0.39 is 0 Å². The molecule has 0 fully saturated rings. The molecule has 0 unspecified atom stereocenters. The molecule has 0 radical (unpaired) electrons. The van der Waals surface area contributed by atoms with Crippen LogP contribution >= 0.6 is 11.6 Å². The molecular weight excluding hydrogens is 432 g/mol. The first kappa shape index (κ1) is 21.7. The van der Waals surface area contributed by atoms with Gasteiger partial charge in [0.2, 0.25) is 11.8 Å². The van der Waals surface area contributed by atoms with Crippen LogP contribution in [0.5, 0.6) is 11.5 Å². The minimum Gasteiger partial charge on any atom is -0.489 e. The van der Waals surface area contributed by atoms with Crippen molar-refractivity contribution in [2.75, 3.05) is 18.5 Å². The fourth-order valence-electron chi connectivity index (χ4n) is 3.34. The van der Waals surface area contributed by atoms with E-state index in [9.17, 15) is 9.59 Å². The van der Waals surface area contributed by atoms with Crippen LogP contribution in [0.1, 0.15) is 17.5 Å². The summed E-state index contributed by atoms with van der Waals surface area (Å²) >= 11 is 6.30. The van der Waals surface area contributed by atoms with Crippen LogP contribution in [0.15, 0.2) is 54.9 Å². The van der Waals surface area contributed by atoms with Crippen LogP contribution in [0.25, 0.3) is 0 Å². The largest absolute Gasteiger partial charge is 0.489 e. The number of nitrogens with zero attached hydrogens (tertiary/aromatic N) is 2. The number of anilines is 1. The molecule has 1 aliphatic heterocycles. The van der Waals surface area contributed by atoms with Crippen molar-refractivity contribution in [2.24, 2.45) is 0 Å². The van der Waals surface area contributed by atoms with E-state index in [1.165, 1.54) is 0 Å². The quantitative estimate of drug-likeness (QED) is 0.571. The summed E-state index contributed by atoms with van der Waals surface area (Å²) in [6.45, 7) is 1.56. The number of carbonyl (C=O) groups excluding carboxylic acids is 2. The van der Waals surface area contributed by atoms with Gasteiger partial charge >= 0.3 is 0 Å². The summed E-state index contributed by atoms with van der Waals surface area (Å²) in [7, 11) is 0. The summed E-state index contributed by atoms with van der Waals surface area (Å²) in [6.07, 6.45) is 4.29. The van der Waals surface area contributed by atoms with Crippen molar-refractivity contribution in [1.29, 1.82) is 0 Å². The highest BCUT2D eigenvalue weighted by atomic mass is 35.5. The number of amides is 2. The van der Waals surface area contributed by atoms with Gasteiger partial charge in [-0.3, -0.25) is 14.3 Å². The Morgan fingerprint density at radius 2 is 1.94 bits per heavy atom. The third kappa shape index (κ3) is 5.79. The van der Waals surface area contributed by atoms with Crippen molar-refractivity contribution in [3.05, 3.63) is 71.0 Å². The Labute approximate surface area is 190 Å². The highest BCUT2D eigenvalue weighted by Gasteiger charge is 2.17.